The summed E-state index contributed by atoms with van der Waals surface area (Å²) >= 11 is 3.43. The van der Waals surface area contributed by atoms with Gasteiger partial charge in [-0.25, -0.2) is 0 Å². The molecule has 1 atom stereocenters. The number of benzene rings is 1. The number of hydrogen-bond donors (Lipinski definition) is 1. The maximum absolute atomic E-state index is 12.3. The highest BCUT2D eigenvalue weighted by Crippen LogP contribution is 2.25. The SMILES string of the molecule is CC(Oc1ccccc1Br)C(=O)NC1CCN(C(C)C)CC1. The minimum absolute atomic E-state index is 0.0428. The molecule has 0 aromatic heterocycles. The Morgan fingerprint density at radius 2 is 1.91 bits per heavy atom. The van der Waals surface area contributed by atoms with Gasteiger partial charge in [0.25, 0.3) is 5.91 Å². The van der Waals surface area contributed by atoms with Crippen molar-refractivity contribution in [2.24, 2.45) is 0 Å². The molecular weight excluding hydrogens is 344 g/mol. The molecule has 0 aliphatic carbocycles. The van der Waals surface area contributed by atoms with Crippen LogP contribution in [0.3, 0.4) is 0 Å². The molecule has 1 aliphatic rings. The Bertz CT molecular complexity index is 499. The van der Waals surface area contributed by atoms with E-state index in [2.05, 4.69) is 40.0 Å². The van der Waals surface area contributed by atoms with Gasteiger partial charge in [0.05, 0.1) is 4.47 Å². The molecule has 1 aromatic rings. The van der Waals surface area contributed by atoms with Gasteiger partial charge in [-0.3, -0.25) is 4.79 Å². The van der Waals surface area contributed by atoms with E-state index in [-0.39, 0.29) is 11.9 Å². The number of rotatable bonds is 5. The molecule has 1 fully saturated rings. The lowest BCUT2D eigenvalue weighted by Gasteiger charge is -2.35. The largest absolute Gasteiger partial charge is 0.480 e. The molecule has 5 heteroatoms. The van der Waals surface area contributed by atoms with E-state index >= 15 is 0 Å². The van der Waals surface area contributed by atoms with Gasteiger partial charge in [0.2, 0.25) is 0 Å². The van der Waals surface area contributed by atoms with Gasteiger partial charge in [0.1, 0.15) is 5.75 Å². The molecule has 122 valence electrons. The Morgan fingerprint density at radius 1 is 1.27 bits per heavy atom. The Morgan fingerprint density at radius 3 is 2.50 bits per heavy atom. The lowest BCUT2D eigenvalue weighted by molar-refractivity contribution is -0.128. The molecule has 1 saturated heterocycles. The van der Waals surface area contributed by atoms with Crippen molar-refractivity contribution in [3.63, 3.8) is 0 Å². The number of carbonyl (C=O) groups excluding carboxylic acids is 1. The maximum Gasteiger partial charge on any atom is 0.260 e. The molecule has 1 heterocycles. The zero-order valence-electron chi connectivity index (χ0n) is 13.5. The number of para-hydroxylation sites is 1. The minimum Gasteiger partial charge on any atom is -0.480 e. The summed E-state index contributed by atoms with van der Waals surface area (Å²) in [4.78, 5) is 14.7. The summed E-state index contributed by atoms with van der Waals surface area (Å²) in [7, 11) is 0. The lowest BCUT2D eigenvalue weighted by atomic mass is 10.0. The smallest absolute Gasteiger partial charge is 0.260 e. The number of likely N-dealkylation sites (tertiary alicyclic amines) is 1. The molecule has 0 bridgehead atoms. The van der Waals surface area contributed by atoms with Crippen molar-refractivity contribution in [1.82, 2.24) is 10.2 Å². The lowest BCUT2D eigenvalue weighted by Crippen LogP contribution is -2.49. The summed E-state index contributed by atoms with van der Waals surface area (Å²) in [5.74, 6) is 0.651. The zero-order valence-corrected chi connectivity index (χ0v) is 15.1. The average molecular weight is 369 g/mol. The van der Waals surface area contributed by atoms with E-state index in [0.717, 1.165) is 30.4 Å². The van der Waals surface area contributed by atoms with Crippen LogP contribution in [0.2, 0.25) is 0 Å². The van der Waals surface area contributed by atoms with Gasteiger partial charge in [-0.15, -0.1) is 0 Å². The topological polar surface area (TPSA) is 41.6 Å². The summed E-state index contributed by atoms with van der Waals surface area (Å²) < 4.78 is 6.60. The van der Waals surface area contributed by atoms with Crippen LogP contribution in [0.1, 0.15) is 33.6 Å². The first-order chi connectivity index (χ1) is 10.5. The van der Waals surface area contributed by atoms with Gasteiger partial charge >= 0.3 is 0 Å². The van der Waals surface area contributed by atoms with Crippen LogP contribution in [-0.4, -0.2) is 42.1 Å². The van der Waals surface area contributed by atoms with E-state index in [1.807, 2.05) is 24.3 Å². The fraction of sp³-hybridized carbons (Fsp3) is 0.588. The highest BCUT2D eigenvalue weighted by atomic mass is 79.9. The highest BCUT2D eigenvalue weighted by molar-refractivity contribution is 9.10. The third-order valence-electron chi connectivity index (χ3n) is 4.12. The van der Waals surface area contributed by atoms with E-state index in [0.29, 0.717) is 11.8 Å². The predicted molar refractivity (Wildman–Crippen MR) is 92.1 cm³/mol. The number of halogens is 1. The molecule has 0 radical (unpaired) electrons. The Hall–Kier alpha value is -1.07. The highest BCUT2D eigenvalue weighted by Gasteiger charge is 2.24. The molecule has 1 aromatic carbocycles. The van der Waals surface area contributed by atoms with Crippen molar-refractivity contribution < 1.29 is 9.53 Å². The fourth-order valence-corrected chi connectivity index (χ4v) is 3.04. The van der Waals surface area contributed by atoms with Crippen molar-refractivity contribution in [1.29, 1.82) is 0 Å². The number of hydrogen-bond acceptors (Lipinski definition) is 3. The van der Waals surface area contributed by atoms with Crippen LogP contribution in [0, 0.1) is 0 Å². The number of carbonyl (C=O) groups is 1. The van der Waals surface area contributed by atoms with Crippen molar-refractivity contribution in [2.75, 3.05) is 13.1 Å². The first kappa shape index (κ1) is 17.3. The van der Waals surface area contributed by atoms with Gasteiger partial charge in [-0.2, -0.15) is 0 Å². The normalized spacial score (nSPS) is 18.2. The summed E-state index contributed by atoms with van der Waals surface area (Å²) in [6.07, 6.45) is 1.51. The second kappa shape index (κ2) is 7.97. The number of piperidine rings is 1. The number of nitrogens with one attached hydrogen (secondary N) is 1. The van der Waals surface area contributed by atoms with Gasteiger partial charge in [-0.05, 0) is 61.7 Å². The third-order valence-corrected chi connectivity index (χ3v) is 4.77. The molecule has 0 spiro atoms. The van der Waals surface area contributed by atoms with Crippen LogP contribution in [0.25, 0.3) is 0 Å². The monoisotopic (exact) mass is 368 g/mol. The Kier molecular flexibility index (Phi) is 6.26. The van der Waals surface area contributed by atoms with Crippen LogP contribution >= 0.6 is 15.9 Å². The summed E-state index contributed by atoms with van der Waals surface area (Å²) in [6, 6.07) is 8.41. The first-order valence-corrected chi connectivity index (χ1v) is 8.72. The molecule has 1 unspecified atom stereocenters. The molecule has 22 heavy (non-hydrogen) atoms. The van der Waals surface area contributed by atoms with Crippen LogP contribution in [0.15, 0.2) is 28.7 Å². The summed E-state index contributed by atoms with van der Waals surface area (Å²) in [5, 5.41) is 3.11. The molecule has 4 nitrogen and oxygen atoms in total. The summed E-state index contributed by atoms with van der Waals surface area (Å²) in [5.41, 5.74) is 0. The summed E-state index contributed by atoms with van der Waals surface area (Å²) in [6.45, 7) is 8.31. The van der Waals surface area contributed by atoms with Crippen LogP contribution < -0.4 is 10.1 Å². The van der Waals surface area contributed by atoms with E-state index in [1.54, 1.807) is 6.92 Å². The second-order valence-electron chi connectivity index (χ2n) is 6.10. The van der Waals surface area contributed by atoms with Crippen LogP contribution in [0.5, 0.6) is 5.75 Å². The standard InChI is InChI=1S/C17H25BrN2O2/c1-12(2)20-10-8-14(9-11-20)19-17(21)13(3)22-16-7-5-4-6-15(16)18/h4-7,12-14H,8-11H2,1-3H3,(H,19,21). The second-order valence-corrected chi connectivity index (χ2v) is 6.96. The molecule has 1 amide bonds. The Balaban J connectivity index is 1.81. The van der Waals surface area contributed by atoms with Crippen LogP contribution in [0.4, 0.5) is 0 Å². The number of amides is 1. The predicted octanol–water partition coefficient (Wildman–Crippen LogP) is 3.21. The quantitative estimate of drug-likeness (QED) is 0.867. The molecular formula is C17H25BrN2O2. The van der Waals surface area contributed by atoms with Crippen molar-refractivity contribution >= 4 is 21.8 Å². The van der Waals surface area contributed by atoms with Crippen molar-refractivity contribution in [3.05, 3.63) is 28.7 Å². The minimum atomic E-state index is -0.498. The van der Waals surface area contributed by atoms with E-state index < -0.39 is 6.10 Å². The van der Waals surface area contributed by atoms with Crippen molar-refractivity contribution in [2.45, 2.75) is 51.8 Å². The van der Waals surface area contributed by atoms with Crippen LogP contribution in [-0.2, 0) is 4.79 Å². The van der Waals surface area contributed by atoms with E-state index in [4.69, 9.17) is 4.74 Å². The molecule has 2 rings (SSSR count). The van der Waals surface area contributed by atoms with Gasteiger partial charge in [-0.1, -0.05) is 12.1 Å². The van der Waals surface area contributed by atoms with E-state index in [1.165, 1.54) is 0 Å². The zero-order chi connectivity index (χ0) is 16.1. The van der Waals surface area contributed by atoms with Crippen molar-refractivity contribution in [3.8, 4) is 5.75 Å². The van der Waals surface area contributed by atoms with E-state index in [9.17, 15) is 4.79 Å². The number of ether oxygens (including phenoxy) is 1. The molecule has 1 aliphatic heterocycles. The van der Waals surface area contributed by atoms with Gasteiger partial charge in [0.15, 0.2) is 6.10 Å². The Labute approximate surface area is 141 Å². The maximum atomic E-state index is 12.3. The average Bonchev–Trinajstić information content (AvgIpc) is 2.50. The molecule has 1 N–H and O–H groups in total. The van der Waals surface area contributed by atoms with Gasteiger partial charge in [0, 0.05) is 25.2 Å². The molecule has 0 saturated carbocycles. The first-order valence-electron chi connectivity index (χ1n) is 7.93. The number of nitrogens with zero attached hydrogens (tertiary/aromatic N) is 1. The fourth-order valence-electron chi connectivity index (χ4n) is 2.66. The third kappa shape index (κ3) is 4.71. The van der Waals surface area contributed by atoms with Gasteiger partial charge < -0.3 is 15.0 Å².